The number of rotatable bonds is 9. The van der Waals surface area contributed by atoms with Crippen molar-refractivity contribution in [2.75, 3.05) is 32.1 Å². The van der Waals surface area contributed by atoms with Crippen molar-refractivity contribution in [2.45, 2.75) is 26.3 Å². The van der Waals surface area contributed by atoms with Crippen molar-refractivity contribution in [3.05, 3.63) is 33.9 Å². The van der Waals surface area contributed by atoms with Crippen LogP contribution in [0.25, 0.3) is 0 Å². The summed E-state index contributed by atoms with van der Waals surface area (Å²) in [6.07, 6.45) is 2.12. The standard InChI is InChI=1S/C14H23N3O3/c1-3-4-7-16(8-9-18)11-12-10-13(17(19)20)5-6-14(12)15-2/h5-6,10,15,18H,3-4,7-9,11H2,1-2H3. The fourth-order valence-electron chi connectivity index (χ4n) is 2.10. The maximum Gasteiger partial charge on any atom is 0.269 e. The maximum atomic E-state index is 10.9. The Kier molecular flexibility index (Phi) is 6.97. The first-order chi connectivity index (χ1) is 9.62. The number of unbranched alkanes of at least 4 members (excludes halogenated alkanes) is 1. The maximum absolute atomic E-state index is 10.9. The van der Waals surface area contributed by atoms with Crippen molar-refractivity contribution in [1.29, 1.82) is 0 Å². The van der Waals surface area contributed by atoms with E-state index in [1.165, 1.54) is 6.07 Å². The summed E-state index contributed by atoms with van der Waals surface area (Å²) in [7, 11) is 1.80. The van der Waals surface area contributed by atoms with Gasteiger partial charge in [0.1, 0.15) is 0 Å². The minimum Gasteiger partial charge on any atom is -0.395 e. The predicted molar refractivity (Wildman–Crippen MR) is 79.9 cm³/mol. The highest BCUT2D eigenvalue weighted by Gasteiger charge is 2.13. The van der Waals surface area contributed by atoms with Gasteiger partial charge in [0.05, 0.1) is 11.5 Å². The lowest BCUT2D eigenvalue weighted by molar-refractivity contribution is -0.384. The van der Waals surface area contributed by atoms with Crippen LogP contribution in [0.15, 0.2) is 18.2 Å². The van der Waals surface area contributed by atoms with Crippen LogP contribution in [-0.4, -0.2) is 41.7 Å². The van der Waals surface area contributed by atoms with Crippen molar-refractivity contribution in [1.82, 2.24) is 4.90 Å². The lowest BCUT2D eigenvalue weighted by Crippen LogP contribution is -2.28. The zero-order valence-electron chi connectivity index (χ0n) is 12.1. The summed E-state index contributed by atoms with van der Waals surface area (Å²) in [6.45, 7) is 4.25. The van der Waals surface area contributed by atoms with Gasteiger partial charge in [0.15, 0.2) is 0 Å². The zero-order valence-corrected chi connectivity index (χ0v) is 12.1. The molecule has 2 N–H and O–H groups in total. The zero-order chi connectivity index (χ0) is 15.0. The van der Waals surface area contributed by atoms with Gasteiger partial charge in [-0.05, 0) is 24.6 Å². The van der Waals surface area contributed by atoms with Crippen molar-refractivity contribution in [2.24, 2.45) is 0 Å². The monoisotopic (exact) mass is 281 g/mol. The summed E-state index contributed by atoms with van der Waals surface area (Å²) in [5, 5.41) is 23.0. The van der Waals surface area contributed by atoms with Gasteiger partial charge in [0, 0.05) is 38.0 Å². The average molecular weight is 281 g/mol. The number of nitro benzene ring substituents is 1. The molecule has 0 heterocycles. The Morgan fingerprint density at radius 2 is 2.15 bits per heavy atom. The number of benzene rings is 1. The summed E-state index contributed by atoms with van der Waals surface area (Å²) >= 11 is 0. The highest BCUT2D eigenvalue weighted by molar-refractivity contribution is 5.55. The molecule has 0 bridgehead atoms. The molecule has 1 aromatic rings. The number of hydrogen-bond donors (Lipinski definition) is 2. The second-order valence-electron chi connectivity index (χ2n) is 4.70. The van der Waals surface area contributed by atoms with Crippen LogP contribution in [0.2, 0.25) is 0 Å². The minimum absolute atomic E-state index is 0.0908. The number of nitrogens with one attached hydrogen (secondary N) is 1. The predicted octanol–water partition coefficient (Wildman–Crippen LogP) is 2.23. The number of aliphatic hydroxyl groups is 1. The van der Waals surface area contributed by atoms with E-state index in [-0.39, 0.29) is 17.2 Å². The molecule has 0 aliphatic heterocycles. The van der Waals surface area contributed by atoms with Crippen LogP contribution in [0.1, 0.15) is 25.3 Å². The Balaban J connectivity index is 2.90. The van der Waals surface area contributed by atoms with Gasteiger partial charge in [0.25, 0.3) is 5.69 Å². The van der Waals surface area contributed by atoms with E-state index in [0.717, 1.165) is 30.6 Å². The molecular weight excluding hydrogens is 258 g/mol. The van der Waals surface area contributed by atoms with Gasteiger partial charge in [-0.25, -0.2) is 0 Å². The third kappa shape index (κ3) is 4.79. The molecule has 0 radical (unpaired) electrons. The van der Waals surface area contributed by atoms with E-state index in [9.17, 15) is 10.1 Å². The minimum atomic E-state index is -0.384. The molecule has 0 saturated heterocycles. The van der Waals surface area contributed by atoms with Crippen LogP contribution in [-0.2, 0) is 6.54 Å². The van der Waals surface area contributed by atoms with Crippen molar-refractivity contribution in [3.8, 4) is 0 Å². The molecular formula is C14H23N3O3. The molecule has 0 aliphatic carbocycles. The van der Waals surface area contributed by atoms with E-state index >= 15 is 0 Å². The topological polar surface area (TPSA) is 78.6 Å². The number of anilines is 1. The first-order valence-corrected chi connectivity index (χ1v) is 6.90. The van der Waals surface area contributed by atoms with E-state index in [4.69, 9.17) is 5.11 Å². The lowest BCUT2D eigenvalue weighted by atomic mass is 10.1. The number of hydrogen-bond acceptors (Lipinski definition) is 5. The molecule has 6 heteroatoms. The van der Waals surface area contributed by atoms with Gasteiger partial charge in [-0.2, -0.15) is 0 Å². The van der Waals surface area contributed by atoms with E-state index in [0.29, 0.717) is 13.1 Å². The molecule has 0 aliphatic rings. The Morgan fingerprint density at radius 1 is 1.40 bits per heavy atom. The molecule has 0 aromatic heterocycles. The van der Waals surface area contributed by atoms with Crippen LogP contribution in [0, 0.1) is 10.1 Å². The Bertz CT molecular complexity index is 438. The molecule has 6 nitrogen and oxygen atoms in total. The third-order valence-corrected chi connectivity index (χ3v) is 3.21. The number of non-ortho nitro benzene ring substituents is 1. The second kappa shape index (κ2) is 8.50. The second-order valence-corrected chi connectivity index (χ2v) is 4.70. The smallest absolute Gasteiger partial charge is 0.269 e. The van der Waals surface area contributed by atoms with Crippen LogP contribution in [0.5, 0.6) is 0 Å². The fraction of sp³-hybridized carbons (Fsp3) is 0.571. The summed E-state index contributed by atoms with van der Waals surface area (Å²) in [5.74, 6) is 0. The summed E-state index contributed by atoms with van der Waals surface area (Å²) < 4.78 is 0. The van der Waals surface area contributed by atoms with Crippen LogP contribution >= 0.6 is 0 Å². The lowest BCUT2D eigenvalue weighted by Gasteiger charge is -2.22. The molecule has 0 spiro atoms. The van der Waals surface area contributed by atoms with Gasteiger partial charge >= 0.3 is 0 Å². The molecule has 1 aromatic carbocycles. The van der Waals surface area contributed by atoms with E-state index < -0.39 is 0 Å². The first-order valence-electron chi connectivity index (χ1n) is 6.90. The highest BCUT2D eigenvalue weighted by atomic mass is 16.6. The van der Waals surface area contributed by atoms with E-state index in [2.05, 4.69) is 17.1 Å². The molecule has 0 fully saturated rings. The highest BCUT2D eigenvalue weighted by Crippen LogP contribution is 2.23. The van der Waals surface area contributed by atoms with Crippen molar-refractivity contribution < 1.29 is 10.0 Å². The van der Waals surface area contributed by atoms with Gasteiger partial charge in [-0.3, -0.25) is 15.0 Å². The molecule has 20 heavy (non-hydrogen) atoms. The Labute approximate surface area is 119 Å². The summed E-state index contributed by atoms with van der Waals surface area (Å²) in [5.41, 5.74) is 1.86. The molecule has 0 unspecified atom stereocenters. The van der Waals surface area contributed by atoms with E-state index in [1.807, 2.05) is 0 Å². The number of nitro groups is 1. The molecule has 1 rings (SSSR count). The average Bonchev–Trinajstić information content (AvgIpc) is 2.44. The van der Waals surface area contributed by atoms with Crippen LogP contribution < -0.4 is 5.32 Å². The van der Waals surface area contributed by atoms with Gasteiger partial charge in [-0.1, -0.05) is 13.3 Å². The first kappa shape index (κ1) is 16.4. The molecule has 0 saturated carbocycles. The molecule has 0 amide bonds. The molecule has 112 valence electrons. The van der Waals surface area contributed by atoms with Gasteiger partial charge in [0.2, 0.25) is 0 Å². The quantitative estimate of drug-likeness (QED) is 0.536. The van der Waals surface area contributed by atoms with Gasteiger partial charge < -0.3 is 10.4 Å². The van der Waals surface area contributed by atoms with Gasteiger partial charge in [-0.15, -0.1) is 0 Å². The Hall–Kier alpha value is -1.66. The third-order valence-electron chi connectivity index (χ3n) is 3.21. The number of nitrogens with zero attached hydrogens (tertiary/aromatic N) is 2. The van der Waals surface area contributed by atoms with Crippen molar-refractivity contribution in [3.63, 3.8) is 0 Å². The summed E-state index contributed by atoms with van der Waals surface area (Å²) in [6, 6.07) is 4.82. The number of aliphatic hydroxyl groups excluding tert-OH is 1. The SMILES string of the molecule is CCCCN(CCO)Cc1cc([N+](=O)[O-])ccc1NC. The van der Waals surface area contributed by atoms with E-state index in [1.54, 1.807) is 19.2 Å². The van der Waals surface area contributed by atoms with Crippen molar-refractivity contribution >= 4 is 11.4 Å². The Morgan fingerprint density at radius 3 is 2.70 bits per heavy atom. The van der Waals surface area contributed by atoms with Crippen LogP contribution in [0.4, 0.5) is 11.4 Å². The van der Waals surface area contributed by atoms with Crippen LogP contribution in [0.3, 0.4) is 0 Å². The largest absolute Gasteiger partial charge is 0.395 e. The fourth-order valence-corrected chi connectivity index (χ4v) is 2.10. The normalized spacial score (nSPS) is 10.8. The molecule has 0 atom stereocenters. The summed E-state index contributed by atoms with van der Waals surface area (Å²) in [4.78, 5) is 12.6.